The maximum absolute atomic E-state index is 13.3. The molecule has 0 bridgehead atoms. The molecule has 3 aromatic rings. The minimum absolute atomic E-state index is 0.00890. The lowest BCUT2D eigenvalue weighted by molar-refractivity contribution is -0.282. The zero-order chi connectivity index (χ0) is 28.4. The molecule has 0 heterocycles. The number of anilines is 1. The molecule has 9 heteroatoms. The van der Waals surface area contributed by atoms with Crippen LogP contribution in [0.25, 0.3) is 0 Å². The van der Waals surface area contributed by atoms with Gasteiger partial charge in [0.1, 0.15) is 18.0 Å². The summed E-state index contributed by atoms with van der Waals surface area (Å²) >= 11 is 0. The highest BCUT2D eigenvalue weighted by atomic mass is 17.2. The predicted octanol–water partition coefficient (Wildman–Crippen LogP) is 5.16. The van der Waals surface area contributed by atoms with Gasteiger partial charge in [-0.05, 0) is 68.9 Å². The second-order valence-electron chi connectivity index (χ2n) is 9.90. The molecule has 0 aliphatic heterocycles. The number of carbonyl (C=O) groups excluding carboxylic acids is 2. The largest absolute Gasteiger partial charge is 0.506 e. The second kappa shape index (κ2) is 13.7. The molecular weight excluding hydrogens is 498 g/mol. The van der Waals surface area contributed by atoms with E-state index in [4.69, 9.17) is 9.62 Å². The standard InChI is InChI=1S/C30H37N3O6/c1-30(2,25-16-14-24(15-17-25)28(35)31-26-8-6-7-9-27(26)34)39-29(36)33(19-18-32(3)4)20-22-10-12-23(13-11-22)21-38-37-5/h6-17,34H,18-21H2,1-5H3,(H,31,35). The molecule has 39 heavy (non-hydrogen) atoms. The highest BCUT2D eigenvalue weighted by Gasteiger charge is 2.28. The first-order valence-corrected chi connectivity index (χ1v) is 12.6. The average Bonchev–Trinajstić information content (AvgIpc) is 2.91. The van der Waals surface area contributed by atoms with Gasteiger partial charge in [0.25, 0.3) is 5.91 Å². The fraction of sp³-hybridized carbons (Fsp3) is 0.333. The van der Waals surface area contributed by atoms with E-state index in [1.807, 2.05) is 57.1 Å². The van der Waals surface area contributed by atoms with E-state index in [1.165, 1.54) is 13.2 Å². The molecule has 0 saturated carbocycles. The molecule has 3 rings (SSSR count). The molecule has 9 nitrogen and oxygen atoms in total. The highest BCUT2D eigenvalue weighted by molar-refractivity contribution is 6.05. The topological polar surface area (TPSA) is 101 Å². The second-order valence-corrected chi connectivity index (χ2v) is 9.90. The number of phenols is 1. The van der Waals surface area contributed by atoms with Crippen LogP contribution in [0, 0.1) is 0 Å². The lowest BCUT2D eigenvalue weighted by Crippen LogP contribution is -2.40. The minimum atomic E-state index is -0.943. The summed E-state index contributed by atoms with van der Waals surface area (Å²) in [5.41, 5.74) is 2.46. The Balaban J connectivity index is 1.68. The van der Waals surface area contributed by atoms with E-state index in [0.29, 0.717) is 37.5 Å². The van der Waals surface area contributed by atoms with Crippen LogP contribution in [0.5, 0.6) is 5.75 Å². The number of para-hydroxylation sites is 2. The summed E-state index contributed by atoms with van der Waals surface area (Å²) in [5.74, 6) is -0.363. The van der Waals surface area contributed by atoms with Gasteiger partial charge in [0.15, 0.2) is 0 Å². The average molecular weight is 536 g/mol. The molecule has 0 spiro atoms. The van der Waals surface area contributed by atoms with Crippen LogP contribution in [0.4, 0.5) is 10.5 Å². The van der Waals surface area contributed by atoms with Crippen molar-refractivity contribution in [3.63, 3.8) is 0 Å². The number of carbonyl (C=O) groups is 2. The van der Waals surface area contributed by atoms with Crippen molar-refractivity contribution in [1.82, 2.24) is 9.80 Å². The van der Waals surface area contributed by atoms with Gasteiger partial charge in [0.2, 0.25) is 0 Å². The third-order valence-electron chi connectivity index (χ3n) is 6.15. The zero-order valence-electron chi connectivity index (χ0n) is 23.1. The Morgan fingerprint density at radius 1 is 0.897 bits per heavy atom. The van der Waals surface area contributed by atoms with Crippen molar-refractivity contribution >= 4 is 17.7 Å². The van der Waals surface area contributed by atoms with E-state index < -0.39 is 11.7 Å². The van der Waals surface area contributed by atoms with Gasteiger partial charge in [0, 0.05) is 25.2 Å². The van der Waals surface area contributed by atoms with Gasteiger partial charge in [-0.15, -0.1) is 0 Å². The van der Waals surface area contributed by atoms with E-state index in [2.05, 4.69) is 10.2 Å². The first-order valence-electron chi connectivity index (χ1n) is 12.6. The maximum atomic E-state index is 13.3. The van der Waals surface area contributed by atoms with Crippen molar-refractivity contribution in [2.24, 2.45) is 0 Å². The summed E-state index contributed by atoms with van der Waals surface area (Å²) in [7, 11) is 5.37. The predicted molar refractivity (Wildman–Crippen MR) is 149 cm³/mol. The number of hydrogen-bond donors (Lipinski definition) is 2. The van der Waals surface area contributed by atoms with Crippen molar-refractivity contribution in [2.75, 3.05) is 39.6 Å². The minimum Gasteiger partial charge on any atom is -0.506 e. The number of phenolic OH excluding ortho intramolecular Hbond substituents is 1. The Labute approximate surface area is 229 Å². The monoisotopic (exact) mass is 535 g/mol. The summed E-state index contributed by atoms with van der Waals surface area (Å²) in [6.45, 7) is 5.53. The van der Waals surface area contributed by atoms with Gasteiger partial charge in [-0.1, -0.05) is 48.5 Å². The summed E-state index contributed by atoms with van der Waals surface area (Å²) in [6.07, 6.45) is -0.435. The SMILES string of the molecule is COOCc1ccc(CN(CCN(C)C)C(=O)OC(C)(C)c2ccc(C(=O)Nc3ccccc3O)cc2)cc1. The van der Waals surface area contributed by atoms with Crippen LogP contribution in [0.15, 0.2) is 72.8 Å². The van der Waals surface area contributed by atoms with Gasteiger partial charge >= 0.3 is 6.09 Å². The van der Waals surface area contributed by atoms with E-state index in [1.54, 1.807) is 47.4 Å². The first kappa shape index (κ1) is 29.6. The van der Waals surface area contributed by atoms with Crippen LogP contribution in [0.2, 0.25) is 0 Å². The van der Waals surface area contributed by atoms with Crippen molar-refractivity contribution in [3.8, 4) is 5.75 Å². The van der Waals surface area contributed by atoms with Crippen LogP contribution in [0.1, 0.15) is 40.9 Å². The van der Waals surface area contributed by atoms with E-state index >= 15 is 0 Å². The number of rotatable bonds is 12. The molecule has 2 amide bonds. The van der Waals surface area contributed by atoms with Crippen LogP contribution in [-0.2, 0) is 33.3 Å². The highest BCUT2D eigenvalue weighted by Crippen LogP contribution is 2.27. The van der Waals surface area contributed by atoms with Gasteiger partial charge in [-0.2, -0.15) is 0 Å². The lowest BCUT2D eigenvalue weighted by atomic mass is 9.97. The molecule has 0 fully saturated rings. The zero-order valence-corrected chi connectivity index (χ0v) is 23.1. The van der Waals surface area contributed by atoms with Crippen LogP contribution >= 0.6 is 0 Å². The Morgan fingerprint density at radius 3 is 2.15 bits per heavy atom. The maximum Gasteiger partial charge on any atom is 0.410 e. The van der Waals surface area contributed by atoms with Gasteiger partial charge in [0.05, 0.1) is 12.8 Å². The lowest BCUT2D eigenvalue weighted by Gasteiger charge is -2.31. The molecule has 0 aliphatic rings. The van der Waals surface area contributed by atoms with Crippen molar-refractivity contribution in [3.05, 3.63) is 95.1 Å². The fourth-order valence-electron chi connectivity index (χ4n) is 3.78. The Morgan fingerprint density at radius 2 is 1.54 bits per heavy atom. The Bertz CT molecular complexity index is 1230. The Kier molecular flexibility index (Phi) is 10.4. The van der Waals surface area contributed by atoms with Crippen molar-refractivity contribution in [1.29, 1.82) is 0 Å². The smallest absolute Gasteiger partial charge is 0.410 e. The number of hydrogen-bond acceptors (Lipinski definition) is 7. The number of nitrogens with one attached hydrogen (secondary N) is 1. The summed E-state index contributed by atoms with van der Waals surface area (Å²) < 4.78 is 5.98. The van der Waals surface area contributed by atoms with Crippen LogP contribution in [0.3, 0.4) is 0 Å². The van der Waals surface area contributed by atoms with E-state index in [0.717, 1.165) is 16.7 Å². The third-order valence-corrected chi connectivity index (χ3v) is 6.15. The van der Waals surface area contributed by atoms with Crippen molar-refractivity contribution < 1.29 is 29.2 Å². The first-order chi connectivity index (χ1) is 18.6. The molecule has 208 valence electrons. The van der Waals surface area contributed by atoms with E-state index in [-0.39, 0.29) is 11.7 Å². The molecule has 2 N–H and O–H groups in total. The Hall–Kier alpha value is -3.92. The molecule has 3 aromatic carbocycles. The van der Waals surface area contributed by atoms with Crippen LogP contribution < -0.4 is 5.32 Å². The summed E-state index contributed by atoms with van der Waals surface area (Å²) in [4.78, 5) is 39.3. The molecule has 0 saturated heterocycles. The van der Waals surface area contributed by atoms with Crippen LogP contribution in [-0.4, -0.2) is 61.2 Å². The number of likely N-dealkylation sites (N-methyl/N-ethyl adjacent to an activating group) is 1. The van der Waals surface area contributed by atoms with Gasteiger partial charge < -0.3 is 25.0 Å². The fourth-order valence-corrected chi connectivity index (χ4v) is 3.78. The number of ether oxygens (including phenoxy) is 1. The summed E-state index contributed by atoms with van der Waals surface area (Å²) in [6, 6.07) is 21.2. The molecule has 0 atom stereocenters. The normalized spacial score (nSPS) is 11.3. The molecule has 0 radical (unpaired) electrons. The molecule has 0 unspecified atom stereocenters. The van der Waals surface area contributed by atoms with Crippen molar-refractivity contribution in [2.45, 2.75) is 32.6 Å². The molecule has 0 aliphatic carbocycles. The number of amides is 2. The number of aromatic hydroxyl groups is 1. The number of nitrogens with zero attached hydrogens (tertiary/aromatic N) is 2. The third kappa shape index (κ3) is 8.81. The molecular formula is C30H37N3O6. The number of benzene rings is 3. The van der Waals surface area contributed by atoms with Gasteiger partial charge in [-0.3, -0.25) is 4.79 Å². The van der Waals surface area contributed by atoms with Gasteiger partial charge in [-0.25, -0.2) is 14.6 Å². The molecule has 0 aromatic heterocycles. The van der Waals surface area contributed by atoms with E-state index in [9.17, 15) is 14.7 Å². The summed E-state index contributed by atoms with van der Waals surface area (Å²) in [5, 5.41) is 12.6. The quantitative estimate of drug-likeness (QED) is 0.188.